The summed E-state index contributed by atoms with van der Waals surface area (Å²) >= 11 is 0. The zero-order valence-corrected chi connectivity index (χ0v) is 10.6. The molecule has 94 valence electrons. The normalized spacial score (nSPS) is 12.3. The number of carbonyl (C=O) groups excluding carboxylic acids is 2. The number of urea groups is 1. The summed E-state index contributed by atoms with van der Waals surface area (Å²) in [6, 6.07) is -0.820. The summed E-state index contributed by atoms with van der Waals surface area (Å²) < 4.78 is 0. The predicted molar refractivity (Wildman–Crippen MR) is 64.1 cm³/mol. The predicted octanol–water partition coefficient (Wildman–Crippen LogP) is 0.856. The molecular formula is C11H23N3O2. The molecule has 5 nitrogen and oxygen atoms in total. The Kier molecular flexibility index (Phi) is 7.54. The van der Waals surface area contributed by atoms with Gasteiger partial charge in [0.2, 0.25) is 5.91 Å². The second-order valence-electron chi connectivity index (χ2n) is 3.88. The number of amides is 3. The Hall–Kier alpha value is -1.10. The van der Waals surface area contributed by atoms with Gasteiger partial charge in [-0.3, -0.25) is 10.1 Å². The van der Waals surface area contributed by atoms with E-state index in [2.05, 4.69) is 29.8 Å². The van der Waals surface area contributed by atoms with E-state index in [-0.39, 0.29) is 11.9 Å². The van der Waals surface area contributed by atoms with Crippen LogP contribution in [-0.4, -0.2) is 31.6 Å². The zero-order valence-electron chi connectivity index (χ0n) is 10.6. The highest BCUT2D eigenvalue weighted by atomic mass is 16.2. The van der Waals surface area contributed by atoms with Gasteiger partial charge in [0.25, 0.3) is 0 Å². The third-order valence-electron chi connectivity index (χ3n) is 2.72. The lowest BCUT2D eigenvalue weighted by Crippen LogP contribution is -2.48. The van der Waals surface area contributed by atoms with Crippen molar-refractivity contribution in [2.75, 3.05) is 13.6 Å². The van der Waals surface area contributed by atoms with Crippen molar-refractivity contribution in [3.8, 4) is 0 Å². The molecule has 16 heavy (non-hydrogen) atoms. The molecule has 0 aromatic rings. The van der Waals surface area contributed by atoms with E-state index >= 15 is 0 Å². The van der Waals surface area contributed by atoms with Crippen LogP contribution in [-0.2, 0) is 4.79 Å². The van der Waals surface area contributed by atoms with Crippen LogP contribution in [0.1, 0.15) is 33.6 Å². The highest BCUT2D eigenvalue weighted by Gasteiger charge is 2.15. The molecule has 0 spiro atoms. The maximum absolute atomic E-state index is 11.5. The largest absolute Gasteiger partial charge is 0.341 e. The average Bonchev–Trinajstić information content (AvgIpc) is 2.29. The number of hydrogen-bond donors (Lipinski definition) is 3. The van der Waals surface area contributed by atoms with E-state index < -0.39 is 6.03 Å². The van der Waals surface area contributed by atoms with Gasteiger partial charge in [0.1, 0.15) is 0 Å². The molecule has 0 aliphatic rings. The Morgan fingerprint density at radius 2 is 1.75 bits per heavy atom. The van der Waals surface area contributed by atoms with Crippen LogP contribution in [0.5, 0.6) is 0 Å². The molecule has 5 heteroatoms. The van der Waals surface area contributed by atoms with Crippen molar-refractivity contribution in [2.24, 2.45) is 5.92 Å². The molecular weight excluding hydrogens is 206 g/mol. The lowest BCUT2D eigenvalue weighted by Gasteiger charge is -2.17. The fraction of sp³-hybridized carbons (Fsp3) is 0.818. The van der Waals surface area contributed by atoms with Gasteiger partial charge >= 0.3 is 6.03 Å². The molecule has 1 unspecified atom stereocenters. The first kappa shape index (κ1) is 14.9. The summed E-state index contributed by atoms with van der Waals surface area (Å²) in [6.45, 7) is 6.81. The van der Waals surface area contributed by atoms with Crippen LogP contribution in [0.25, 0.3) is 0 Å². The van der Waals surface area contributed by atoms with Crippen molar-refractivity contribution >= 4 is 11.9 Å². The summed E-state index contributed by atoms with van der Waals surface area (Å²) in [5.74, 6) is 0.278. The highest BCUT2D eigenvalue weighted by Crippen LogP contribution is 2.05. The molecule has 3 amide bonds. The van der Waals surface area contributed by atoms with E-state index in [0.29, 0.717) is 5.92 Å². The van der Waals surface area contributed by atoms with Gasteiger partial charge in [-0.1, -0.05) is 26.7 Å². The third kappa shape index (κ3) is 5.70. The number of hydrogen-bond acceptors (Lipinski definition) is 3. The number of nitrogens with one attached hydrogen (secondary N) is 3. The summed E-state index contributed by atoms with van der Waals surface area (Å²) in [7, 11) is 1.48. The standard InChI is InChI=1S/C11H23N3O2/c1-5-9(6-2)7-13-8(3)10(15)14-11(16)12-4/h8-9,13H,5-7H2,1-4H3,(H2,12,14,15,16). The van der Waals surface area contributed by atoms with Gasteiger partial charge in [-0.15, -0.1) is 0 Å². The summed E-state index contributed by atoms with van der Waals surface area (Å²) in [5.41, 5.74) is 0. The molecule has 0 bridgehead atoms. The number of imide groups is 1. The van der Waals surface area contributed by atoms with Crippen LogP contribution in [0, 0.1) is 5.92 Å². The molecule has 0 heterocycles. The molecule has 0 rings (SSSR count). The van der Waals surface area contributed by atoms with Crippen molar-refractivity contribution in [3.63, 3.8) is 0 Å². The SMILES string of the molecule is CCC(CC)CNC(C)C(=O)NC(=O)NC. The van der Waals surface area contributed by atoms with Gasteiger partial charge in [-0.25, -0.2) is 4.79 Å². The summed E-state index contributed by atoms with van der Waals surface area (Å²) in [6.07, 6.45) is 2.18. The first-order valence-corrected chi connectivity index (χ1v) is 5.81. The molecule has 0 aromatic carbocycles. The van der Waals surface area contributed by atoms with Crippen LogP contribution in [0.15, 0.2) is 0 Å². The Labute approximate surface area is 97.4 Å². The molecule has 1 atom stereocenters. The van der Waals surface area contributed by atoms with Gasteiger partial charge in [-0.2, -0.15) is 0 Å². The fourth-order valence-electron chi connectivity index (χ4n) is 1.30. The van der Waals surface area contributed by atoms with Gasteiger partial charge in [0.05, 0.1) is 6.04 Å². The van der Waals surface area contributed by atoms with Crippen LogP contribution >= 0.6 is 0 Å². The summed E-state index contributed by atoms with van der Waals surface area (Å²) in [5, 5.41) is 7.70. The van der Waals surface area contributed by atoms with Crippen molar-refractivity contribution in [2.45, 2.75) is 39.7 Å². The Morgan fingerprint density at radius 3 is 2.19 bits per heavy atom. The lowest BCUT2D eigenvalue weighted by molar-refractivity contribution is -0.121. The molecule has 0 saturated carbocycles. The zero-order chi connectivity index (χ0) is 12.6. The second-order valence-corrected chi connectivity index (χ2v) is 3.88. The van der Waals surface area contributed by atoms with Gasteiger partial charge in [0.15, 0.2) is 0 Å². The van der Waals surface area contributed by atoms with Gasteiger partial charge < -0.3 is 10.6 Å². The third-order valence-corrected chi connectivity index (χ3v) is 2.72. The quantitative estimate of drug-likeness (QED) is 0.632. The molecule has 0 radical (unpaired) electrons. The minimum Gasteiger partial charge on any atom is -0.341 e. The van der Waals surface area contributed by atoms with E-state index in [1.165, 1.54) is 7.05 Å². The van der Waals surface area contributed by atoms with Crippen molar-refractivity contribution in [3.05, 3.63) is 0 Å². The lowest BCUT2D eigenvalue weighted by atomic mass is 10.0. The van der Waals surface area contributed by atoms with E-state index in [9.17, 15) is 9.59 Å². The average molecular weight is 229 g/mol. The minimum atomic E-state index is -0.471. The van der Waals surface area contributed by atoms with Gasteiger partial charge in [-0.05, 0) is 19.4 Å². The van der Waals surface area contributed by atoms with E-state index in [4.69, 9.17) is 0 Å². The molecule has 0 fully saturated rings. The maximum atomic E-state index is 11.5. The first-order chi connectivity index (χ1) is 7.54. The minimum absolute atomic E-state index is 0.301. The maximum Gasteiger partial charge on any atom is 0.321 e. The van der Waals surface area contributed by atoms with Crippen molar-refractivity contribution in [1.29, 1.82) is 0 Å². The van der Waals surface area contributed by atoms with E-state index in [1.54, 1.807) is 6.92 Å². The van der Waals surface area contributed by atoms with Crippen molar-refractivity contribution in [1.82, 2.24) is 16.0 Å². The fourth-order valence-corrected chi connectivity index (χ4v) is 1.30. The Balaban J connectivity index is 3.91. The number of rotatable bonds is 6. The number of carbonyl (C=O) groups is 2. The van der Waals surface area contributed by atoms with Gasteiger partial charge in [0, 0.05) is 7.05 Å². The molecule has 0 saturated heterocycles. The highest BCUT2D eigenvalue weighted by molar-refractivity contribution is 5.96. The molecule has 0 aliphatic carbocycles. The summed E-state index contributed by atoms with van der Waals surface area (Å²) in [4.78, 5) is 22.4. The van der Waals surface area contributed by atoms with Crippen LogP contribution in [0.2, 0.25) is 0 Å². The smallest absolute Gasteiger partial charge is 0.321 e. The Bertz CT molecular complexity index is 227. The van der Waals surface area contributed by atoms with Crippen LogP contribution in [0.4, 0.5) is 4.79 Å². The Morgan fingerprint density at radius 1 is 1.19 bits per heavy atom. The van der Waals surface area contributed by atoms with Crippen molar-refractivity contribution < 1.29 is 9.59 Å². The topological polar surface area (TPSA) is 70.2 Å². The molecule has 0 aliphatic heterocycles. The second kappa shape index (κ2) is 8.10. The van der Waals surface area contributed by atoms with E-state index in [1.807, 2.05) is 0 Å². The monoisotopic (exact) mass is 229 g/mol. The van der Waals surface area contributed by atoms with E-state index in [0.717, 1.165) is 19.4 Å². The van der Waals surface area contributed by atoms with Crippen LogP contribution < -0.4 is 16.0 Å². The molecule has 3 N–H and O–H groups in total. The molecule has 0 aromatic heterocycles. The first-order valence-electron chi connectivity index (χ1n) is 5.81. The van der Waals surface area contributed by atoms with Crippen LogP contribution in [0.3, 0.4) is 0 Å².